The lowest BCUT2D eigenvalue weighted by atomic mass is 10.1. The number of nitrogens with zero attached hydrogens (tertiary/aromatic N) is 4. The fourth-order valence-corrected chi connectivity index (χ4v) is 3.79. The smallest absolute Gasteiger partial charge is 0.274 e. The number of aromatic nitrogens is 2. The van der Waals surface area contributed by atoms with E-state index in [4.69, 9.17) is 4.74 Å². The van der Waals surface area contributed by atoms with Crippen LogP contribution in [0.2, 0.25) is 0 Å². The normalized spacial score (nSPS) is 17.1. The Labute approximate surface area is 184 Å². The average Bonchev–Trinajstić information content (AvgIpc) is 3.24. The first kappa shape index (κ1) is 22.8. The molecule has 1 aliphatic heterocycles. The van der Waals surface area contributed by atoms with Crippen molar-refractivity contribution in [1.82, 2.24) is 24.9 Å². The molecule has 0 radical (unpaired) electrons. The van der Waals surface area contributed by atoms with Crippen molar-refractivity contribution in [3.05, 3.63) is 47.3 Å². The molecule has 168 valence electrons. The number of aryl methyl sites for hydroxylation is 1. The van der Waals surface area contributed by atoms with Crippen molar-refractivity contribution in [3.8, 4) is 5.75 Å². The van der Waals surface area contributed by atoms with E-state index in [-0.39, 0.29) is 23.9 Å². The molecule has 31 heavy (non-hydrogen) atoms. The summed E-state index contributed by atoms with van der Waals surface area (Å²) in [5.74, 6) is 0.677. The van der Waals surface area contributed by atoms with Crippen LogP contribution in [0.3, 0.4) is 0 Å². The van der Waals surface area contributed by atoms with Gasteiger partial charge in [-0.05, 0) is 57.5 Å². The summed E-state index contributed by atoms with van der Waals surface area (Å²) in [4.78, 5) is 29.4. The Morgan fingerprint density at radius 3 is 2.68 bits per heavy atom. The standard InChI is InChI=1S/C23H33N5O3/c1-16(2)28-11-9-19(25-28)23(30)27-13-12-26(4)20(15-27)22(29)24-10-8-18-6-7-21(31-5)17(3)14-18/h6-7,9,11,14,16,20H,8,10,12-13,15H2,1-5H3,(H,24,29). The number of nitrogens with one attached hydrogen (secondary N) is 1. The number of carbonyl (C=O) groups is 2. The monoisotopic (exact) mass is 427 g/mol. The zero-order valence-electron chi connectivity index (χ0n) is 19.1. The molecular formula is C23H33N5O3. The molecule has 2 amide bonds. The summed E-state index contributed by atoms with van der Waals surface area (Å²) in [6.45, 7) is 8.17. The molecule has 8 nitrogen and oxygen atoms in total. The quantitative estimate of drug-likeness (QED) is 0.730. The van der Waals surface area contributed by atoms with E-state index in [0.29, 0.717) is 31.9 Å². The average molecular weight is 428 g/mol. The molecule has 1 aromatic carbocycles. The highest BCUT2D eigenvalue weighted by Gasteiger charge is 2.33. The lowest BCUT2D eigenvalue weighted by Gasteiger charge is -2.38. The molecule has 0 spiro atoms. The van der Waals surface area contributed by atoms with Crippen LogP contribution in [0.15, 0.2) is 30.5 Å². The lowest BCUT2D eigenvalue weighted by Crippen LogP contribution is -2.58. The van der Waals surface area contributed by atoms with Gasteiger partial charge in [-0.3, -0.25) is 19.2 Å². The van der Waals surface area contributed by atoms with Crippen LogP contribution >= 0.6 is 0 Å². The fourth-order valence-electron chi connectivity index (χ4n) is 3.79. The molecule has 1 aliphatic rings. The number of likely N-dealkylation sites (N-methyl/N-ethyl adjacent to an activating group) is 1. The topological polar surface area (TPSA) is 79.7 Å². The highest BCUT2D eigenvalue weighted by atomic mass is 16.5. The first-order chi connectivity index (χ1) is 14.8. The Balaban J connectivity index is 1.56. The number of piperazine rings is 1. The third-order valence-electron chi connectivity index (χ3n) is 5.77. The fraction of sp³-hybridized carbons (Fsp3) is 0.522. The molecule has 1 N–H and O–H groups in total. The maximum atomic E-state index is 12.9. The number of carbonyl (C=O) groups excluding carboxylic acids is 2. The minimum absolute atomic E-state index is 0.0575. The van der Waals surface area contributed by atoms with Crippen molar-refractivity contribution in [2.24, 2.45) is 0 Å². The van der Waals surface area contributed by atoms with E-state index in [9.17, 15) is 9.59 Å². The molecule has 0 bridgehead atoms. The predicted molar refractivity (Wildman–Crippen MR) is 119 cm³/mol. The summed E-state index contributed by atoms with van der Waals surface area (Å²) >= 11 is 0. The van der Waals surface area contributed by atoms with E-state index in [2.05, 4.69) is 16.5 Å². The van der Waals surface area contributed by atoms with E-state index in [1.54, 1.807) is 22.8 Å². The van der Waals surface area contributed by atoms with Gasteiger partial charge in [-0.1, -0.05) is 12.1 Å². The third-order valence-corrected chi connectivity index (χ3v) is 5.77. The molecule has 1 unspecified atom stereocenters. The second-order valence-corrected chi connectivity index (χ2v) is 8.37. The molecule has 1 aromatic heterocycles. The van der Waals surface area contributed by atoms with Crippen LogP contribution in [0.1, 0.15) is 41.5 Å². The van der Waals surface area contributed by atoms with Gasteiger partial charge in [0.15, 0.2) is 0 Å². The number of ether oxygens (including phenoxy) is 1. The van der Waals surface area contributed by atoms with Crippen LogP contribution in [0, 0.1) is 6.92 Å². The van der Waals surface area contributed by atoms with Crippen LogP contribution in [0.4, 0.5) is 0 Å². The van der Waals surface area contributed by atoms with Crippen molar-refractivity contribution in [2.75, 3.05) is 40.3 Å². The van der Waals surface area contributed by atoms with Crippen LogP contribution in [0.25, 0.3) is 0 Å². The van der Waals surface area contributed by atoms with Gasteiger partial charge in [-0.15, -0.1) is 0 Å². The highest BCUT2D eigenvalue weighted by Crippen LogP contribution is 2.18. The molecule has 2 aromatic rings. The molecule has 1 saturated heterocycles. The lowest BCUT2D eigenvalue weighted by molar-refractivity contribution is -0.127. The first-order valence-electron chi connectivity index (χ1n) is 10.8. The van der Waals surface area contributed by atoms with Crippen molar-refractivity contribution in [3.63, 3.8) is 0 Å². The minimum atomic E-state index is -0.373. The van der Waals surface area contributed by atoms with Crippen molar-refractivity contribution >= 4 is 11.8 Å². The number of methoxy groups -OCH3 is 1. The molecule has 2 heterocycles. The Morgan fingerprint density at radius 1 is 1.26 bits per heavy atom. The van der Waals surface area contributed by atoms with E-state index in [1.165, 1.54) is 0 Å². The Morgan fingerprint density at radius 2 is 2.03 bits per heavy atom. The maximum Gasteiger partial charge on any atom is 0.274 e. The molecule has 1 atom stereocenters. The molecular weight excluding hydrogens is 394 g/mol. The summed E-state index contributed by atoms with van der Waals surface area (Å²) in [6.07, 6.45) is 2.56. The van der Waals surface area contributed by atoms with E-state index >= 15 is 0 Å². The number of benzene rings is 1. The van der Waals surface area contributed by atoms with Gasteiger partial charge in [-0.25, -0.2) is 0 Å². The zero-order chi connectivity index (χ0) is 22.5. The molecule has 8 heteroatoms. The second-order valence-electron chi connectivity index (χ2n) is 8.37. The van der Waals surface area contributed by atoms with Crippen LogP contribution < -0.4 is 10.1 Å². The number of hydrogen-bond donors (Lipinski definition) is 1. The Kier molecular flexibility index (Phi) is 7.33. The summed E-state index contributed by atoms with van der Waals surface area (Å²) < 4.78 is 7.07. The first-order valence-corrected chi connectivity index (χ1v) is 10.8. The van der Waals surface area contributed by atoms with Gasteiger partial charge in [0.2, 0.25) is 5.91 Å². The van der Waals surface area contributed by atoms with Crippen LogP contribution in [-0.2, 0) is 11.2 Å². The molecule has 1 fully saturated rings. The Hall–Kier alpha value is -2.87. The largest absolute Gasteiger partial charge is 0.496 e. The molecule has 3 rings (SSSR count). The van der Waals surface area contributed by atoms with Crippen molar-refractivity contribution in [1.29, 1.82) is 0 Å². The van der Waals surface area contributed by atoms with Crippen molar-refractivity contribution < 1.29 is 14.3 Å². The summed E-state index contributed by atoms with van der Waals surface area (Å²) in [7, 11) is 3.58. The van der Waals surface area contributed by atoms with Crippen LogP contribution in [-0.4, -0.2) is 77.8 Å². The van der Waals surface area contributed by atoms with Gasteiger partial charge >= 0.3 is 0 Å². The van der Waals surface area contributed by atoms with Gasteiger partial charge < -0.3 is 15.0 Å². The van der Waals surface area contributed by atoms with E-state index in [0.717, 1.165) is 23.3 Å². The molecule has 0 saturated carbocycles. The van der Waals surface area contributed by atoms with Gasteiger partial charge in [0.05, 0.1) is 7.11 Å². The second kappa shape index (κ2) is 9.96. The minimum Gasteiger partial charge on any atom is -0.496 e. The zero-order valence-corrected chi connectivity index (χ0v) is 19.1. The van der Waals surface area contributed by atoms with Crippen LogP contribution in [0.5, 0.6) is 5.75 Å². The number of hydrogen-bond acceptors (Lipinski definition) is 5. The Bertz CT molecular complexity index is 924. The summed E-state index contributed by atoms with van der Waals surface area (Å²) in [5.41, 5.74) is 2.65. The highest BCUT2D eigenvalue weighted by molar-refractivity contribution is 5.93. The summed E-state index contributed by atoms with van der Waals surface area (Å²) in [6, 6.07) is 7.61. The SMILES string of the molecule is COc1ccc(CCNC(=O)C2CN(C(=O)c3ccn(C(C)C)n3)CCN2C)cc1C. The van der Waals surface area contributed by atoms with Crippen molar-refractivity contribution in [2.45, 2.75) is 39.3 Å². The summed E-state index contributed by atoms with van der Waals surface area (Å²) in [5, 5.41) is 7.41. The van der Waals surface area contributed by atoms with Gasteiger partial charge in [0, 0.05) is 38.4 Å². The predicted octanol–water partition coefficient (Wildman–Crippen LogP) is 1.90. The maximum absolute atomic E-state index is 12.9. The number of amides is 2. The van der Waals surface area contributed by atoms with Gasteiger partial charge in [0.1, 0.15) is 17.5 Å². The van der Waals surface area contributed by atoms with Gasteiger partial charge in [-0.2, -0.15) is 5.10 Å². The molecule has 0 aliphatic carbocycles. The van der Waals surface area contributed by atoms with E-state index in [1.807, 2.05) is 51.0 Å². The van der Waals surface area contributed by atoms with E-state index < -0.39 is 0 Å². The van der Waals surface area contributed by atoms with Gasteiger partial charge in [0.25, 0.3) is 5.91 Å². The number of rotatable bonds is 7. The third kappa shape index (κ3) is 5.44.